The van der Waals surface area contributed by atoms with E-state index in [9.17, 15) is 5.11 Å². The zero-order valence-corrected chi connectivity index (χ0v) is 18.0. The number of fused-ring (bicyclic) bond motifs is 1. The molecule has 27 heavy (non-hydrogen) atoms. The van der Waals surface area contributed by atoms with E-state index in [0.717, 1.165) is 41.3 Å². The molecule has 4 rings (SSSR count). The van der Waals surface area contributed by atoms with Crippen LogP contribution in [0, 0.1) is 0 Å². The SMILES string of the molecule is CSc1nc(O)c(C(=Cc2ccc(Cl)cc2Br)c2ccc3[nH]ncc3c2)s1. The molecule has 0 bridgehead atoms. The van der Waals surface area contributed by atoms with Gasteiger partial charge in [0.1, 0.15) is 0 Å². The van der Waals surface area contributed by atoms with Gasteiger partial charge in [0.25, 0.3) is 0 Å². The highest BCUT2D eigenvalue weighted by atomic mass is 79.9. The maximum absolute atomic E-state index is 10.5. The fraction of sp³-hybridized carbons (Fsp3) is 0.0526. The number of thioether (sulfide) groups is 1. The van der Waals surface area contributed by atoms with Crippen molar-refractivity contribution in [2.75, 3.05) is 6.26 Å². The maximum atomic E-state index is 10.5. The van der Waals surface area contributed by atoms with E-state index in [2.05, 4.69) is 31.1 Å². The summed E-state index contributed by atoms with van der Waals surface area (Å²) < 4.78 is 1.69. The summed E-state index contributed by atoms with van der Waals surface area (Å²) >= 11 is 12.6. The van der Waals surface area contributed by atoms with Crippen molar-refractivity contribution in [1.29, 1.82) is 0 Å². The summed E-state index contributed by atoms with van der Waals surface area (Å²) in [6, 6.07) is 11.7. The van der Waals surface area contributed by atoms with E-state index in [-0.39, 0.29) is 5.88 Å². The molecule has 0 saturated carbocycles. The molecule has 0 fully saturated rings. The summed E-state index contributed by atoms with van der Waals surface area (Å²) in [5, 5.41) is 19.2. The lowest BCUT2D eigenvalue weighted by Gasteiger charge is -2.08. The number of thiazole rings is 1. The monoisotopic (exact) mass is 477 g/mol. The van der Waals surface area contributed by atoms with Crippen LogP contribution in [0.2, 0.25) is 5.02 Å². The number of aromatic hydroxyl groups is 1. The average molecular weight is 479 g/mol. The van der Waals surface area contributed by atoms with Crippen LogP contribution >= 0.6 is 50.6 Å². The number of halogens is 2. The molecule has 2 N–H and O–H groups in total. The minimum atomic E-state index is 0.0352. The van der Waals surface area contributed by atoms with Gasteiger partial charge in [-0.25, -0.2) is 0 Å². The molecule has 0 aliphatic rings. The minimum absolute atomic E-state index is 0.0352. The first-order valence-corrected chi connectivity index (χ1v) is 11.1. The summed E-state index contributed by atoms with van der Waals surface area (Å²) in [4.78, 5) is 4.98. The van der Waals surface area contributed by atoms with Gasteiger partial charge in [-0.2, -0.15) is 10.1 Å². The first kappa shape index (κ1) is 18.6. The zero-order valence-electron chi connectivity index (χ0n) is 14.0. The summed E-state index contributed by atoms with van der Waals surface area (Å²) in [6.07, 6.45) is 5.76. The molecule has 0 spiro atoms. The smallest absolute Gasteiger partial charge is 0.231 e. The van der Waals surface area contributed by atoms with Crippen molar-refractivity contribution in [2.24, 2.45) is 0 Å². The second kappa shape index (κ2) is 7.67. The molecule has 0 saturated heterocycles. The molecule has 2 heterocycles. The zero-order chi connectivity index (χ0) is 19.0. The van der Waals surface area contributed by atoms with Crippen molar-refractivity contribution in [3.05, 3.63) is 68.1 Å². The molecule has 0 aliphatic carbocycles. The van der Waals surface area contributed by atoms with Crippen LogP contribution < -0.4 is 0 Å². The van der Waals surface area contributed by atoms with Crippen molar-refractivity contribution in [3.8, 4) is 5.88 Å². The number of hydrogen-bond donors (Lipinski definition) is 2. The highest BCUT2D eigenvalue weighted by molar-refractivity contribution is 9.10. The molecule has 136 valence electrons. The van der Waals surface area contributed by atoms with Crippen LogP contribution in [0.5, 0.6) is 5.88 Å². The van der Waals surface area contributed by atoms with Gasteiger partial charge in [-0.3, -0.25) is 5.10 Å². The van der Waals surface area contributed by atoms with Gasteiger partial charge in [0.2, 0.25) is 5.88 Å². The Bertz CT molecular complexity index is 1170. The summed E-state index contributed by atoms with van der Waals surface area (Å²) in [6.45, 7) is 0. The fourth-order valence-electron chi connectivity index (χ4n) is 2.72. The van der Waals surface area contributed by atoms with Crippen LogP contribution in [0.1, 0.15) is 16.0 Å². The minimum Gasteiger partial charge on any atom is -0.492 e. The molecule has 0 unspecified atom stereocenters. The molecule has 8 heteroatoms. The van der Waals surface area contributed by atoms with Crippen molar-refractivity contribution in [1.82, 2.24) is 15.2 Å². The summed E-state index contributed by atoms with van der Waals surface area (Å²) in [5.74, 6) is 0.0352. The van der Waals surface area contributed by atoms with Crippen LogP contribution in [-0.2, 0) is 0 Å². The van der Waals surface area contributed by atoms with E-state index in [1.807, 2.05) is 48.7 Å². The number of hydrogen-bond acceptors (Lipinski definition) is 5. The standard InChI is InChI=1S/C19H13BrClN3OS2/c1-26-19-23-18(25)17(27-19)14(7-11-2-4-13(21)8-15(11)20)10-3-5-16-12(6-10)9-22-24-16/h2-9,25H,1H3,(H,22,24). The molecule has 0 radical (unpaired) electrons. The molecule has 2 aromatic carbocycles. The quantitative estimate of drug-likeness (QED) is 0.261. The summed E-state index contributed by atoms with van der Waals surface area (Å²) in [5.41, 5.74) is 3.78. The molecule has 0 atom stereocenters. The van der Waals surface area contributed by atoms with Gasteiger partial charge < -0.3 is 5.11 Å². The highest BCUT2D eigenvalue weighted by Gasteiger charge is 2.17. The third-order valence-electron chi connectivity index (χ3n) is 4.02. The van der Waals surface area contributed by atoms with E-state index in [1.165, 1.54) is 23.1 Å². The number of rotatable bonds is 4. The Kier molecular flexibility index (Phi) is 5.27. The predicted molar refractivity (Wildman–Crippen MR) is 118 cm³/mol. The number of nitrogens with one attached hydrogen (secondary N) is 1. The van der Waals surface area contributed by atoms with E-state index in [1.54, 1.807) is 6.20 Å². The van der Waals surface area contributed by atoms with Crippen molar-refractivity contribution < 1.29 is 5.11 Å². The Morgan fingerprint density at radius 2 is 2.15 bits per heavy atom. The third kappa shape index (κ3) is 3.78. The lowest BCUT2D eigenvalue weighted by atomic mass is 10.00. The van der Waals surface area contributed by atoms with Gasteiger partial charge in [-0.05, 0) is 47.7 Å². The van der Waals surface area contributed by atoms with Gasteiger partial charge in [-0.1, -0.05) is 51.4 Å². The second-order valence-electron chi connectivity index (χ2n) is 5.73. The second-order valence-corrected chi connectivity index (χ2v) is 9.08. The van der Waals surface area contributed by atoms with Crippen molar-refractivity contribution in [3.63, 3.8) is 0 Å². The third-order valence-corrected chi connectivity index (χ3v) is 7.01. The number of H-pyrrole nitrogens is 1. The van der Waals surface area contributed by atoms with Crippen molar-refractivity contribution in [2.45, 2.75) is 4.34 Å². The number of aromatic amines is 1. The van der Waals surface area contributed by atoms with E-state index < -0.39 is 0 Å². The highest BCUT2D eigenvalue weighted by Crippen LogP contribution is 2.40. The Balaban J connectivity index is 1.93. The van der Waals surface area contributed by atoms with Crippen LogP contribution in [-0.4, -0.2) is 26.5 Å². The number of aromatic nitrogens is 3. The van der Waals surface area contributed by atoms with Crippen molar-refractivity contribution >= 4 is 73.2 Å². The van der Waals surface area contributed by atoms with E-state index in [4.69, 9.17) is 11.6 Å². The van der Waals surface area contributed by atoms with Crippen LogP contribution in [0.15, 0.2) is 51.4 Å². The Labute approximate surface area is 177 Å². The lowest BCUT2D eigenvalue weighted by molar-refractivity contribution is 0.453. The lowest BCUT2D eigenvalue weighted by Crippen LogP contribution is -1.88. The first-order chi connectivity index (χ1) is 13.0. The average Bonchev–Trinajstić information content (AvgIpc) is 3.26. The van der Waals surface area contributed by atoms with Crippen LogP contribution in [0.25, 0.3) is 22.6 Å². The molecule has 4 nitrogen and oxygen atoms in total. The fourth-order valence-corrected chi connectivity index (χ4v) is 5.01. The van der Waals surface area contributed by atoms with Gasteiger partial charge in [0.05, 0.1) is 16.6 Å². The predicted octanol–water partition coefficient (Wildman–Crippen LogP) is 6.45. The number of benzene rings is 2. The Morgan fingerprint density at radius 1 is 1.30 bits per heavy atom. The van der Waals surface area contributed by atoms with E-state index in [0.29, 0.717) is 5.02 Å². The summed E-state index contributed by atoms with van der Waals surface area (Å²) in [7, 11) is 0. The molecule has 4 aromatic rings. The molecular formula is C19H13BrClN3OS2. The van der Waals surface area contributed by atoms with E-state index >= 15 is 0 Å². The van der Waals surface area contributed by atoms with Crippen LogP contribution in [0.4, 0.5) is 0 Å². The largest absolute Gasteiger partial charge is 0.492 e. The maximum Gasteiger partial charge on any atom is 0.231 e. The van der Waals surface area contributed by atoms with Gasteiger partial charge in [-0.15, -0.1) is 11.3 Å². The van der Waals surface area contributed by atoms with Crippen LogP contribution in [0.3, 0.4) is 0 Å². The Hall–Kier alpha value is -1.80. The van der Waals surface area contributed by atoms with Gasteiger partial charge >= 0.3 is 0 Å². The molecule has 2 aromatic heterocycles. The number of nitrogens with zero attached hydrogens (tertiary/aromatic N) is 2. The van der Waals surface area contributed by atoms with Gasteiger partial charge in [0.15, 0.2) is 4.34 Å². The topological polar surface area (TPSA) is 61.8 Å². The molecular weight excluding hydrogens is 466 g/mol. The first-order valence-electron chi connectivity index (χ1n) is 7.89. The normalized spacial score (nSPS) is 12.0. The Morgan fingerprint density at radius 3 is 2.89 bits per heavy atom. The molecule has 0 amide bonds. The molecule has 0 aliphatic heterocycles. The van der Waals surface area contributed by atoms with Gasteiger partial charge in [0, 0.05) is 20.5 Å².